The fourth-order valence-electron chi connectivity index (χ4n) is 1.16. The van der Waals surface area contributed by atoms with Gasteiger partial charge in [0, 0.05) is 29.1 Å². The Kier molecular flexibility index (Phi) is 4.46. The van der Waals surface area contributed by atoms with E-state index >= 15 is 0 Å². The van der Waals surface area contributed by atoms with Crippen LogP contribution < -0.4 is 5.73 Å². The van der Waals surface area contributed by atoms with Gasteiger partial charge >= 0.3 is 6.18 Å². The molecule has 0 fully saturated rings. The molecule has 0 bridgehead atoms. The number of rotatable bonds is 2. The molecule has 2 N–H and O–H groups in total. The topological polar surface area (TPSA) is 74.8 Å². The summed E-state index contributed by atoms with van der Waals surface area (Å²) in [4.78, 5) is 2.54. The fraction of sp³-hybridized carbons (Fsp3) is 0.273. The van der Waals surface area contributed by atoms with Gasteiger partial charge in [-0.2, -0.15) is 13.2 Å². The minimum absolute atomic E-state index is 0.0268. The number of benzene rings is 1. The first-order chi connectivity index (χ1) is 8.45. The number of nitrogen functional groups attached to an aromatic ring is 1. The average molecular weight is 254 g/mol. The lowest BCUT2D eigenvalue weighted by Crippen LogP contribution is -2.06. The maximum atomic E-state index is 12.4. The molecule has 0 saturated heterocycles. The van der Waals surface area contributed by atoms with E-state index in [1.807, 2.05) is 0 Å². The van der Waals surface area contributed by atoms with E-state index in [1.54, 1.807) is 0 Å². The van der Waals surface area contributed by atoms with Crippen LogP contribution in [0.2, 0.25) is 0 Å². The van der Waals surface area contributed by atoms with E-state index in [4.69, 9.17) is 11.3 Å². The summed E-state index contributed by atoms with van der Waals surface area (Å²) in [5.74, 6) is 5.28. The molecule has 0 aliphatic heterocycles. The van der Waals surface area contributed by atoms with Crippen LogP contribution in [0.25, 0.3) is 10.4 Å². The van der Waals surface area contributed by atoms with Crippen LogP contribution >= 0.6 is 0 Å². The van der Waals surface area contributed by atoms with Crippen LogP contribution in [0, 0.1) is 11.8 Å². The quantitative estimate of drug-likeness (QED) is 0.215. The highest BCUT2D eigenvalue weighted by atomic mass is 19.4. The smallest absolute Gasteiger partial charge is 0.398 e. The molecule has 0 atom stereocenters. The molecule has 0 radical (unpaired) electrons. The number of anilines is 1. The highest BCUT2D eigenvalue weighted by molar-refractivity contribution is 5.57. The molecule has 4 nitrogen and oxygen atoms in total. The van der Waals surface area contributed by atoms with Crippen molar-refractivity contribution >= 4 is 5.69 Å². The van der Waals surface area contributed by atoms with E-state index in [1.165, 1.54) is 6.07 Å². The minimum Gasteiger partial charge on any atom is -0.398 e. The van der Waals surface area contributed by atoms with Gasteiger partial charge in [-0.05, 0) is 23.7 Å². The molecule has 18 heavy (non-hydrogen) atoms. The molecule has 1 rings (SSSR count). The Labute approximate surface area is 101 Å². The molecule has 0 spiro atoms. The number of nitrogens with zero attached hydrogens (tertiary/aromatic N) is 3. The van der Waals surface area contributed by atoms with Gasteiger partial charge in [0.05, 0.1) is 5.56 Å². The molecule has 7 heteroatoms. The first kappa shape index (κ1) is 13.7. The maximum absolute atomic E-state index is 12.4. The molecular formula is C11H9F3N4. The summed E-state index contributed by atoms with van der Waals surface area (Å²) in [5.41, 5.74) is 13.0. The molecular weight excluding hydrogens is 245 g/mol. The van der Waals surface area contributed by atoms with Crippen molar-refractivity contribution in [2.45, 2.75) is 12.6 Å². The lowest BCUT2D eigenvalue weighted by molar-refractivity contribution is -0.137. The fourth-order valence-corrected chi connectivity index (χ4v) is 1.16. The van der Waals surface area contributed by atoms with Crippen LogP contribution in [-0.4, -0.2) is 6.54 Å². The average Bonchev–Trinajstić information content (AvgIpc) is 2.29. The molecule has 0 aromatic heterocycles. The Morgan fingerprint density at radius 1 is 1.39 bits per heavy atom. The first-order valence-electron chi connectivity index (χ1n) is 4.91. The van der Waals surface area contributed by atoms with Crippen LogP contribution in [0.3, 0.4) is 0 Å². The van der Waals surface area contributed by atoms with Gasteiger partial charge in [0.1, 0.15) is 0 Å². The van der Waals surface area contributed by atoms with Gasteiger partial charge in [0.25, 0.3) is 0 Å². The lowest BCUT2D eigenvalue weighted by atomic mass is 10.1. The Bertz CT molecular complexity index is 533. The van der Waals surface area contributed by atoms with Crippen molar-refractivity contribution in [3.8, 4) is 11.8 Å². The number of halogens is 3. The van der Waals surface area contributed by atoms with Gasteiger partial charge in [-0.3, -0.25) is 0 Å². The SMILES string of the molecule is [N-]=[N+]=NCCC#Cc1ccc(C(F)(F)F)cc1N. The van der Waals surface area contributed by atoms with Crippen molar-refractivity contribution in [1.29, 1.82) is 0 Å². The normalized spacial score (nSPS) is 10.2. The van der Waals surface area contributed by atoms with Crippen molar-refractivity contribution in [1.82, 2.24) is 0 Å². The summed E-state index contributed by atoms with van der Waals surface area (Å²) in [6.45, 7) is 0.212. The van der Waals surface area contributed by atoms with Gasteiger partial charge in [0.2, 0.25) is 0 Å². The zero-order valence-corrected chi connectivity index (χ0v) is 9.20. The van der Waals surface area contributed by atoms with Crippen molar-refractivity contribution in [3.63, 3.8) is 0 Å². The van der Waals surface area contributed by atoms with Gasteiger partial charge in [0.15, 0.2) is 0 Å². The molecule has 0 aliphatic carbocycles. The first-order valence-corrected chi connectivity index (χ1v) is 4.91. The Morgan fingerprint density at radius 3 is 2.67 bits per heavy atom. The van der Waals surface area contributed by atoms with Crippen molar-refractivity contribution < 1.29 is 13.2 Å². The van der Waals surface area contributed by atoms with Gasteiger partial charge < -0.3 is 5.73 Å². The Balaban J connectivity index is 2.83. The van der Waals surface area contributed by atoms with Crippen LogP contribution in [0.15, 0.2) is 23.3 Å². The van der Waals surface area contributed by atoms with Crippen LogP contribution in [0.5, 0.6) is 0 Å². The summed E-state index contributed by atoms with van der Waals surface area (Å²) in [5, 5.41) is 3.27. The highest BCUT2D eigenvalue weighted by Crippen LogP contribution is 2.31. The Hall–Kier alpha value is -2.32. The van der Waals surface area contributed by atoms with Crippen LogP contribution in [-0.2, 0) is 6.18 Å². The second-order valence-electron chi connectivity index (χ2n) is 3.31. The summed E-state index contributed by atoms with van der Waals surface area (Å²) in [6.07, 6.45) is -4.09. The predicted octanol–water partition coefficient (Wildman–Crippen LogP) is 3.34. The maximum Gasteiger partial charge on any atom is 0.416 e. The molecule has 1 aromatic carbocycles. The van der Waals surface area contributed by atoms with Crippen molar-refractivity contribution in [2.75, 3.05) is 12.3 Å². The van der Waals surface area contributed by atoms with E-state index in [0.717, 1.165) is 12.1 Å². The molecule has 94 valence electrons. The zero-order chi connectivity index (χ0) is 13.6. The minimum atomic E-state index is -4.42. The number of alkyl halides is 3. The number of hydrogen-bond acceptors (Lipinski definition) is 2. The zero-order valence-electron chi connectivity index (χ0n) is 9.20. The highest BCUT2D eigenvalue weighted by Gasteiger charge is 2.30. The third-order valence-electron chi connectivity index (χ3n) is 2.00. The van der Waals surface area contributed by atoms with E-state index in [0.29, 0.717) is 12.0 Å². The van der Waals surface area contributed by atoms with E-state index < -0.39 is 11.7 Å². The monoisotopic (exact) mass is 254 g/mol. The second kappa shape index (κ2) is 5.84. The van der Waals surface area contributed by atoms with Crippen LogP contribution in [0.4, 0.5) is 18.9 Å². The molecule has 0 unspecified atom stereocenters. The molecule has 1 aromatic rings. The standard InChI is InChI=1S/C11H9F3N4/c12-11(13,14)9-5-4-8(10(15)7-9)3-1-2-6-17-18-16/h4-5,7H,2,6,15H2. The lowest BCUT2D eigenvalue weighted by Gasteiger charge is -2.07. The van der Waals surface area contributed by atoms with Crippen molar-refractivity contribution in [2.24, 2.45) is 5.11 Å². The van der Waals surface area contributed by atoms with Gasteiger partial charge in [-0.1, -0.05) is 17.0 Å². The summed E-state index contributed by atoms with van der Waals surface area (Å²) < 4.78 is 37.1. The molecule has 0 saturated carbocycles. The van der Waals surface area contributed by atoms with Crippen molar-refractivity contribution in [3.05, 3.63) is 39.8 Å². The predicted molar refractivity (Wildman–Crippen MR) is 61.4 cm³/mol. The van der Waals surface area contributed by atoms with Crippen LogP contribution in [0.1, 0.15) is 17.5 Å². The van der Waals surface area contributed by atoms with E-state index in [-0.39, 0.29) is 12.2 Å². The Morgan fingerprint density at radius 2 is 2.11 bits per heavy atom. The number of azide groups is 1. The summed E-state index contributed by atoms with van der Waals surface area (Å²) >= 11 is 0. The molecule has 0 aliphatic rings. The second-order valence-corrected chi connectivity index (χ2v) is 3.31. The molecule has 0 heterocycles. The largest absolute Gasteiger partial charge is 0.416 e. The van der Waals surface area contributed by atoms with Gasteiger partial charge in [-0.25, -0.2) is 0 Å². The van der Waals surface area contributed by atoms with E-state index in [9.17, 15) is 13.2 Å². The summed E-state index contributed by atoms with van der Waals surface area (Å²) in [6, 6.07) is 2.99. The molecule has 0 amide bonds. The number of nitrogens with two attached hydrogens (primary N) is 1. The third-order valence-corrected chi connectivity index (χ3v) is 2.00. The third kappa shape index (κ3) is 3.92. The summed E-state index contributed by atoms with van der Waals surface area (Å²) in [7, 11) is 0. The number of hydrogen-bond donors (Lipinski definition) is 1. The van der Waals surface area contributed by atoms with E-state index in [2.05, 4.69) is 21.9 Å². The van der Waals surface area contributed by atoms with Gasteiger partial charge in [-0.15, -0.1) is 0 Å².